The van der Waals surface area contributed by atoms with E-state index in [0.29, 0.717) is 56.8 Å². The molecule has 2 heterocycles. The van der Waals surface area contributed by atoms with E-state index in [2.05, 4.69) is 34.5 Å². The van der Waals surface area contributed by atoms with E-state index in [-0.39, 0.29) is 30.3 Å². The van der Waals surface area contributed by atoms with Crippen LogP contribution in [-0.4, -0.2) is 81.8 Å². The van der Waals surface area contributed by atoms with Crippen LogP contribution in [0.4, 0.5) is 8.78 Å². The maximum absolute atomic E-state index is 13.9. The third kappa shape index (κ3) is 6.89. The number of halogens is 2. The number of methoxy groups -OCH3 is 3. The van der Waals surface area contributed by atoms with Gasteiger partial charge in [-0.3, -0.25) is 9.69 Å². The van der Waals surface area contributed by atoms with Gasteiger partial charge in [-0.25, -0.2) is 8.78 Å². The number of carbonyl (C=O) groups is 1. The molecule has 2 saturated heterocycles. The Balaban J connectivity index is 1.18. The van der Waals surface area contributed by atoms with E-state index in [9.17, 15) is 13.6 Å². The van der Waals surface area contributed by atoms with E-state index >= 15 is 0 Å². The van der Waals surface area contributed by atoms with Gasteiger partial charge in [-0.15, -0.1) is 0 Å². The summed E-state index contributed by atoms with van der Waals surface area (Å²) in [6.45, 7) is 2.48. The first-order chi connectivity index (χ1) is 23.7. The molecule has 3 aromatic rings. The molecular weight excluding hydrogens is 630 g/mol. The van der Waals surface area contributed by atoms with Gasteiger partial charge in [0.05, 0.1) is 46.0 Å². The molecule has 0 radical (unpaired) electrons. The number of hydrogen-bond acceptors (Lipinski definition) is 8. The number of nitrogens with one attached hydrogen (secondary N) is 1. The minimum atomic E-state index is -2.60. The molecule has 1 atom stereocenters. The lowest BCUT2D eigenvalue weighted by molar-refractivity contribution is -0.180. The molecule has 3 aromatic carbocycles. The summed E-state index contributed by atoms with van der Waals surface area (Å²) in [5.74, 6) is -2.22. The highest BCUT2D eigenvalue weighted by Crippen LogP contribution is 2.48. The molecule has 0 amide bonds. The molecule has 264 valence electrons. The molecule has 1 N–H and O–H groups in total. The van der Waals surface area contributed by atoms with Crippen molar-refractivity contribution in [1.29, 1.82) is 0 Å². The van der Waals surface area contributed by atoms with Gasteiger partial charge in [0.2, 0.25) is 0 Å². The van der Waals surface area contributed by atoms with Crippen LogP contribution >= 0.6 is 0 Å². The van der Waals surface area contributed by atoms with Crippen molar-refractivity contribution in [3.63, 3.8) is 0 Å². The Morgan fingerprint density at radius 1 is 0.878 bits per heavy atom. The predicted molar refractivity (Wildman–Crippen MR) is 183 cm³/mol. The highest BCUT2D eigenvalue weighted by molar-refractivity contribution is 6.01. The number of esters is 1. The standard InChI is InChI=1S/C39H48F2N2O6/c1-45-33-11-10-27(25-43-20-18-38(40,41)19-21-43)35(46-2)34(33)31-9-5-7-29-26(6-4-8-30(29)31)24-32(36(44)47-3)37(16-17-37)42-28-12-14-39(15-13-28)48-22-23-49-39/h4-11,28,32,42H,12-25H2,1-3H3/t32-/m0/s1. The first kappa shape index (κ1) is 34.2. The van der Waals surface area contributed by atoms with Gasteiger partial charge < -0.3 is 29.0 Å². The van der Waals surface area contributed by atoms with E-state index in [0.717, 1.165) is 71.6 Å². The largest absolute Gasteiger partial charge is 0.496 e. The fourth-order valence-electron chi connectivity index (χ4n) is 8.43. The Morgan fingerprint density at radius 2 is 1.57 bits per heavy atom. The molecule has 0 aromatic heterocycles. The molecule has 2 aliphatic heterocycles. The molecular formula is C39H48F2N2O6. The molecule has 4 fully saturated rings. The minimum absolute atomic E-state index is 0.140. The molecule has 7 rings (SSSR count). The van der Waals surface area contributed by atoms with Gasteiger partial charge in [0.15, 0.2) is 5.79 Å². The van der Waals surface area contributed by atoms with Crippen molar-refractivity contribution in [2.75, 3.05) is 47.6 Å². The molecule has 0 bridgehead atoms. The van der Waals surface area contributed by atoms with E-state index in [1.807, 2.05) is 24.3 Å². The number of piperidine rings is 1. The summed E-state index contributed by atoms with van der Waals surface area (Å²) in [6, 6.07) is 16.6. The lowest BCUT2D eigenvalue weighted by Crippen LogP contribution is -2.51. The van der Waals surface area contributed by atoms with Gasteiger partial charge in [-0.1, -0.05) is 42.5 Å². The number of ether oxygens (including phenoxy) is 5. The second-order valence-corrected chi connectivity index (χ2v) is 14.2. The Kier molecular flexibility index (Phi) is 9.60. The second-order valence-electron chi connectivity index (χ2n) is 14.2. The summed E-state index contributed by atoms with van der Waals surface area (Å²) >= 11 is 0. The van der Waals surface area contributed by atoms with E-state index in [4.69, 9.17) is 23.7 Å². The molecule has 10 heteroatoms. The van der Waals surface area contributed by atoms with Crippen LogP contribution in [0.3, 0.4) is 0 Å². The summed E-state index contributed by atoms with van der Waals surface area (Å²) in [7, 11) is 4.77. The number of hydrogen-bond donors (Lipinski definition) is 1. The maximum atomic E-state index is 13.9. The summed E-state index contributed by atoms with van der Waals surface area (Å²) in [5, 5.41) is 5.98. The van der Waals surface area contributed by atoms with Crippen molar-refractivity contribution >= 4 is 16.7 Å². The molecule has 2 saturated carbocycles. The number of nitrogens with zero attached hydrogens (tertiary/aromatic N) is 1. The van der Waals surface area contributed by atoms with Gasteiger partial charge in [0.25, 0.3) is 5.92 Å². The summed E-state index contributed by atoms with van der Waals surface area (Å²) in [5.41, 5.74) is 3.45. The van der Waals surface area contributed by atoms with E-state index in [1.165, 1.54) is 7.11 Å². The number of fused-ring (bicyclic) bond motifs is 1. The van der Waals surface area contributed by atoms with Gasteiger partial charge in [-0.05, 0) is 60.1 Å². The van der Waals surface area contributed by atoms with Crippen molar-refractivity contribution < 1.29 is 37.3 Å². The number of benzene rings is 3. The first-order valence-electron chi connectivity index (χ1n) is 17.7. The third-order valence-electron chi connectivity index (χ3n) is 11.3. The van der Waals surface area contributed by atoms with E-state index in [1.54, 1.807) is 14.2 Å². The first-order valence-corrected chi connectivity index (χ1v) is 17.7. The van der Waals surface area contributed by atoms with Gasteiger partial charge >= 0.3 is 5.97 Å². The van der Waals surface area contributed by atoms with Crippen molar-refractivity contribution in [3.8, 4) is 22.6 Å². The SMILES string of the molecule is COC(=O)[C@H](Cc1cccc2c(-c3c(OC)ccc(CN4CCC(F)(F)CC4)c3OC)cccc12)C1(NC2CCC3(CC2)OCCO3)CC1. The van der Waals surface area contributed by atoms with Gasteiger partial charge in [-0.2, -0.15) is 0 Å². The lowest BCUT2D eigenvalue weighted by atomic mass is 9.84. The fraction of sp³-hybridized carbons (Fsp3) is 0.564. The van der Waals surface area contributed by atoms with Crippen molar-refractivity contribution in [3.05, 3.63) is 59.7 Å². The van der Waals surface area contributed by atoms with Crippen LogP contribution in [0.5, 0.6) is 11.5 Å². The fourth-order valence-corrected chi connectivity index (χ4v) is 8.43. The predicted octanol–water partition coefficient (Wildman–Crippen LogP) is 6.89. The normalized spacial score (nSPS) is 22.2. The Bertz CT molecular complexity index is 1650. The quantitative estimate of drug-likeness (QED) is 0.220. The molecule has 49 heavy (non-hydrogen) atoms. The zero-order valence-corrected chi connectivity index (χ0v) is 28.8. The average molecular weight is 679 g/mol. The minimum Gasteiger partial charge on any atom is -0.496 e. The topological polar surface area (TPSA) is 78.5 Å². The van der Waals surface area contributed by atoms with Crippen LogP contribution in [0.25, 0.3) is 21.9 Å². The molecule has 1 spiro atoms. The van der Waals surface area contributed by atoms with Crippen LogP contribution in [0, 0.1) is 5.92 Å². The average Bonchev–Trinajstić information content (AvgIpc) is 3.75. The summed E-state index contributed by atoms with van der Waals surface area (Å²) < 4.78 is 57.1. The zero-order chi connectivity index (χ0) is 34.2. The highest BCUT2D eigenvalue weighted by Gasteiger charge is 2.54. The highest BCUT2D eigenvalue weighted by atomic mass is 19.3. The number of likely N-dealkylation sites (tertiary alicyclic amines) is 1. The van der Waals surface area contributed by atoms with Gasteiger partial charge in [0, 0.05) is 62.5 Å². The van der Waals surface area contributed by atoms with Crippen LogP contribution in [0.2, 0.25) is 0 Å². The van der Waals surface area contributed by atoms with Crippen molar-refractivity contribution in [2.45, 2.75) is 87.6 Å². The maximum Gasteiger partial charge on any atom is 0.310 e. The third-order valence-corrected chi connectivity index (χ3v) is 11.3. The summed E-state index contributed by atoms with van der Waals surface area (Å²) in [6.07, 6.45) is 5.71. The summed E-state index contributed by atoms with van der Waals surface area (Å²) in [4.78, 5) is 15.6. The molecule has 2 aliphatic carbocycles. The monoisotopic (exact) mass is 678 g/mol. The van der Waals surface area contributed by atoms with Gasteiger partial charge in [0.1, 0.15) is 11.5 Å². The number of rotatable bonds is 11. The Labute approximate surface area is 287 Å². The smallest absolute Gasteiger partial charge is 0.310 e. The lowest BCUT2D eigenvalue weighted by Gasteiger charge is -2.38. The van der Waals surface area contributed by atoms with Crippen LogP contribution in [0.15, 0.2) is 48.5 Å². The van der Waals surface area contributed by atoms with Crippen molar-refractivity contribution in [2.24, 2.45) is 5.92 Å². The molecule has 0 unspecified atom stereocenters. The molecule has 8 nitrogen and oxygen atoms in total. The number of carbonyl (C=O) groups excluding carboxylic acids is 1. The zero-order valence-electron chi connectivity index (χ0n) is 28.8. The number of alkyl halides is 2. The van der Waals surface area contributed by atoms with Crippen LogP contribution in [-0.2, 0) is 32.0 Å². The second kappa shape index (κ2) is 13.8. The Hall–Kier alpha value is -3.31. The Morgan fingerprint density at radius 3 is 2.22 bits per heavy atom. The molecule has 4 aliphatic rings. The van der Waals surface area contributed by atoms with Crippen LogP contribution in [0.1, 0.15) is 62.5 Å². The van der Waals surface area contributed by atoms with E-state index < -0.39 is 11.7 Å². The van der Waals surface area contributed by atoms with Crippen LogP contribution < -0.4 is 14.8 Å². The van der Waals surface area contributed by atoms with Crippen molar-refractivity contribution in [1.82, 2.24) is 10.2 Å².